The number of anilines is 2. The lowest BCUT2D eigenvalue weighted by Gasteiger charge is -2.21. The number of alkyl halides is 3. The highest BCUT2D eigenvalue weighted by molar-refractivity contribution is 5.92. The molecule has 0 heterocycles. The second-order valence-corrected chi connectivity index (χ2v) is 6.71. The monoisotopic (exact) mass is 342 g/mol. The average Bonchev–Trinajstić information content (AvgIpc) is 2.53. The summed E-state index contributed by atoms with van der Waals surface area (Å²) >= 11 is 0. The van der Waals surface area contributed by atoms with E-state index in [4.69, 9.17) is 0 Å². The minimum absolute atomic E-state index is 0.165. The van der Waals surface area contributed by atoms with Crippen LogP contribution in [-0.2, 0) is 11.0 Å². The maximum absolute atomic E-state index is 13.2. The number of amides is 1. The quantitative estimate of drug-likeness (QED) is 0.810. The second-order valence-electron chi connectivity index (χ2n) is 6.71. The number of halogens is 3. The molecule has 1 fully saturated rings. The van der Waals surface area contributed by atoms with Gasteiger partial charge in [-0.05, 0) is 30.5 Å². The van der Waals surface area contributed by atoms with Crippen LogP contribution in [0.3, 0.4) is 0 Å². The Labute approximate surface area is 141 Å². The lowest BCUT2D eigenvalue weighted by atomic mass is 9.86. The van der Waals surface area contributed by atoms with Crippen LogP contribution in [0.5, 0.6) is 0 Å². The highest BCUT2D eigenvalue weighted by Gasteiger charge is 2.34. The average molecular weight is 342 g/mol. The maximum Gasteiger partial charge on any atom is 0.418 e. The molecule has 0 aromatic heterocycles. The largest absolute Gasteiger partial charge is 0.418 e. The summed E-state index contributed by atoms with van der Waals surface area (Å²) in [5.41, 5.74) is -0.524. The van der Waals surface area contributed by atoms with Gasteiger partial charge in [-0.3, -0.25) is 4.79 Å². The summed E-state index contributed by atoms with van der Waals surface area (Å²) in [6, 6.07) is 3.97. The lowest BCUT2D eigenvalue weighted by molar-refractivity contribution is -0.136. The predicted molar refractivity (Wildman–Crippen MR) is 90.2 cm³/mol. The van der Waals surface area contributed by atoms with Crippen molar-refractivity contribution in [3.63, 3.8) is 0 Å². The van der Waals surface area contributed by atoms with Crippen molar-refractivity contribution in [3.05, 3.63) is 23.8 Å². The van der Waals surface area contributed by atoms with Crippen molar-refractivity contribution in [2.45, 2.75) is 51.1 Å². The van der Waals surface area contributed by atoms with Crippen molar-refractivity contribution in [1.29, 1.82) is 0 Å². The van der Waals surface area contributed by atoms with E-state index in [0.717, 1.165) is 25.3 Å². The Kier molecular flexibility index (Phi) is 6.13. The number of hydrogen-bond donors (Lipinski definition) is 1. The van der Waals surface area contributed by atoms with Gasteiger partial charge in [-0.2, -0.15) is 13.2 Å². The third-order valence-electron chi connectivity index (χ3n) is 4.60. The Balaban J connectivity index is 2.03. The summed E-state index contributed by atoms with van der Waals surface area (Å²) < 4.78 is 39.7. The van der Waals surface area contributed by atoms with Crippen LogP contribution in [-0.4, -0.2) is 20.0 Å². The highest BCUT2D eigenvalue weighted by Crippen LogP contribution is 2.37. The SMILES string of the molecule is CN(C)c1ccc(NC(=O)CCC2CCCCC2)c(C(F)(F)F)c1. The zero-order valence-corrected chi connectivity index (χ0v) is 14.2. The molecular weight excluding hydrogens is 317 g/mol. The summed E-state index contributed by atoms with van der Waals surface area (Å²) in [7, 11) is 3.36. The van der Waals surface area contributed by atoms with E-state index in [-0.39, 0.29) is 18.0 Å². The van der Waals surface area contributed by atoms with Gasteiger partial charge in [0.15, 0.2) is 0 Å². The van der Waals surface area contributed by atoms with Crippen LogP contribution in [0.4, 0.5) is 24.5 Å². The Hall–Kier alpha value is -1.72. The second kappa shape index (κ2) is 7.90. The van der Waals surface area contributed by atoms with Crippen LogP contribution in [0.25, 0.3) is 0 Å². The Morgan fingerprint density at radius 3 is 2.46 bits per heavy atom. The summed E-state index contributed by atoms with van der Waals surface area (Å²) in [5.74, 6) is 0.186. The molecular formula is C18H25F3N2O. The van der Waals surface area contributed by atoms with Crippen molar-refractivity contribution in [1.82, 2.24) is 0 Å². The van der Waals surface area contributed by atoms with Gasteiger partial charge in [0.05, 0.1) is 11.3 Å². The summed E-state index contributed by atoms with van der Waals surface area (Å²) in [4.78, 5) is 13.7. The smallest absolute Gasteiger partial charge is 0.378 e. The maximum atomic E-state index is 13.2. The van der Waals surface area contributed by atoms with Gasteiger partial charge in [0.25, 0.3) is 0 Å². The van der Waals surface area contributed by atoms with Gasteiger partial charge in [-0.15, -0.1) is 0 Å². The molecule has 0 saturated heterocycles. The van der Waals surface area contributed by atoms with E-state index < -0.39 is 11.7 Å². The molecule has 1 aromatic rings. The van der Waals surface area contributed by atoms with Gasteiger partial charge in [-0.25, -0.2) is 0 Å². The summed E-state index contributed by atoms with van der Waals surface area (Å²) in [5, 5.41) is 2.45. The van der Waals surface area contributed by atoms with Crippen molar-refractivity contribution < 1.29 is 18.0 Å². The first kappa shape index (κ1) is 18.6. The van der Waals surface area contributed by atoms with Gasteiger partial charge in [0, 0.05) is 26.2 Å². The summed E-state index contributed by atoms with van der Waals surface area (Å²) in [6.07, 6.45) is 2.40. The number of carbonyl (C=O) groups excluding carboxylic acids is 1. The zero-order chi connectivity index (χ0) is 17.7. The standard InChI is InChI=1S/C18H25F3N2O/c1-23(2)14-9-10-16(15(12-14)18(19,20)21)22-17(24)11-8-13-6-4-3-5-7-13/h9-10,12-13H,3-8,11H2,1-2H3,(H,22,24). The molecule has 3 nitrogen and oxygen atoms in total. The molecule has 1 N–H and O–H groups in total. The molecule has 0 unspecified atom stereocenters. The van der Waals surface area contributed by atoms with E-state index >= 15 is 0 Å². The Morgan fingerprint density at radius 1 is 1.21 bits per heavy atom. The van der Waals surface area contributed by atoms with Gasteiger partial charge < -0.3 is 10.2 Å². The molecule has 134 valence electrons. The van der Waals surface area contributed by atoms with E-state index in [1.807, 2.05) is 0 Å². The number of carbonyl (C=O) groups is 1. The number of benzene rings is 1. The molecule has 0 atom stereocenters. The number of nitrogens with zero attached hydrogens (tertiary/aromatic N) is 1. The van der Waals surface area contributed by atoms with Crippen LogP contribution >= 0.6 is 0 Å². The van der Waals surface area contributed by atoms with E-state index in [2.05, 4.69) is 5.32 Å². The van der Waals surface area contributed by atoms with Crippen LogP contribution in [0.1, 0.15) is 50.5 Å². The Morgan fingerprint density at radius 2 is 1.88 bits per heavy atom. The fraction of sp³-hybridized carbons (Fsp3) is 0.611. The fourth-order valence-corrected chi connectivity index (χ4v) is 3.18. The molecule has 6 heteroatoms. The number of hydrogen-bond acceptors (Lipinski definition) is 2. The molecule has 0 aliphatic heterocycles. The highest BCUT2D eigenvalue weighted by atomic mass is 19.4. The number of rotatable bonds is 5. The molecule has 0 bridgehead atoms. The van der Waals surface area contributed by atoms with Crippen LogP contribution in [0, 0.1) is 5.92 Å². The molecule has 0 spiro atoms. The van der Waals surface area contributed by atoms with Gasteiger partial charge in [0.1, 0.15) is 0 Å². The van der Waals surface area contributed by atoms with Crippen LogP contribution in [0.2, 0.25) is 0 Å². The van der Waals surface area contributed by atoms with Crippen LogP contribution in [0.15, 0.2) is 18.2 Å². The first-order valence-electron chi connectivity index (χ1n) is 8.46. The van der Waals surface area contributed by atoms with E-state index in [1.54, 1.807) is 25.1 Å². The van der Waals surface area contributed by atoms with E-state index in [9.17, 15) is 18.0 Å². The minimum Gasteiger partial charge on any atom is -0.378 e. The fourth-order valence-electron chi connectivity index (χ4n) is 3.18. The normalized spacial score (nSPS) is 16.0. The van der Waals surface area contributed by atoms with E-state index in [1.165, 1.54) is 25.3 Å². The first-order chi connectivity index (χ1) is 11.3. The van der Waals surface area contributed by atoms with Gasteiger partial charge in [0.2, 0.25) is 5.91 Å². The molecule has 0 radical (unpaired) electrons. The topological polar surface area (TPSA) is 32.3 Å². The molecule has 1 saturated carbocycles. The summed E-state index contributed by atoms with van der Waals surface area (Å²) in [6.45, 7) is 0. The minimum atomic E-state index is -4.50. The molecule has 1 aromatic carbocycles. The lowest BCUT2D eigenvalue weighted by Crippen LogP contribution is -2.19. The Bertz CT molecular complexity index is 564. The first-order valence-corrected chi connectivity index (χ1v) is 8.46. The van der Waals surface area contributed by atoms with Crippen molar-refractivity contribution >= 4 is 17.3 Å². The number of nitrogens with one attached hydrogen (secondary N) is 1. The molecule has 2 rings (SSSR count). The van der Waals surface area contributed by atoms with Crippen LogP contribution < -0.4 is 10.2 Å². The van der Waals surface area contributed by atoms with Crippen molar-refractivity contribution in [2.24, 2.45) is 5.92 Å². The van der Waals surface area contributed by atoms with Crippen molar-refractivity contribution in [3.8, 4) is 0 Å². The molecule has 1 aliphatic rings. The third-order valence-corrected chi connectivity index (χ3v) is 4.60. The molecule has 24 heavy (non-hydrogen) atoms. The third kappa shape index (κ3) is 5.14. The zero-order valence-electron chi connectivity index (χ0n) is 14.2. The van der Waals surface area contributed by atoms with E-state index in [0.29, 0.717) is 11.6 Å². The molecule has 1 aliphatic carbocycles. The van der Waals surface area contributed by atoms with Gasteiger partial charge in [-0.1, -0.05) is 32.1 Å². The predicted octanol–water partition coefficient (Wildman–Crippen LogP) is 5.07. The molecule has 1 amide bonds. The van der Waals surface area contributed by atoms with Crippen molar-refractivity contribution in [2.75, 3.05) is 24.3 Å². The van der Waals surface area contributed by atoms with Gasteiger partial charge >= 0.3 is 6.18 Å².